The summed E-state index contributed by atoms with van der Waals surface area (Å²) >= 11 is 0. The maximum absolute atomic E-state index is 13.1. The third-order valence-electron chi connectivity index (χ3n) is 6.79. The molecule has 0 aliphatic carbocycles. The Kier molecular flexibility index (Phi) is 5.76. The topological polar surface area (TPSA) is 105 Å². The van der Waals surface area contributed by atoms with Crippen molar-refractivity contribution >= 4 is 21.8 Å². The van der Waals surface area contributed by atoms with Crippen molar-refractivity contribution in [3.8, 4) is 0 Å². The van der Waals surface area contributed by atoms with Gasteiger partial charge in [0.25, 0.3) is 5.91 Å². The summed E-state index contributed by atoms with van der Waals surface area (Å²) < 4.78 is 30.0. The standard InChI is InChI=1S/C21H29N3O5S/c1-30(27,28)18-5-3-2-4-16(18)19(25)24-12-6-15(7-13-24)17-14-22-10-8-21(17)9-11-23-20(26)29-21/h2-5,15,17,22H,6-14H2,1H3,(H,23,26). The number of amides is 2. The van der Waals surface area contributed by atoms with Crippen LogP contribution in [-0.2, 0) is 14.6 Å². The van der Waals surface area contributed by atoms with Crippen molar-refractivity contribution in [2.45, 2.75) is 36.2 Å². The van der Waals surface area contributed by atoms with Gasteiger partial charge in [-0.25, -0.2) is 13.2 Å². The first-order valence-corrected chi connectivity index (χ1v) is 12.5. The molecule has 0 saturated carbocycles. The Hall–Kier alpha value is -2.13. The van der Waals surface area contributed by atoms with Crippen LogP contribution in [0.1, 0.15) is 36.0 Å². The summed E-state index contributed by atoms with van der Waals surface area (Å²) in [6.07, 6.45) is 4.04. The van der Waals surface area contributed by atoms with Crippen molar-refractivity contribution in [3.63, 3.8) is 0 Å². The van der Waals surface area contributed by atoms with Gasteiger partial charge in [0, 0.05) is 51.2 Å². The van der Waals surface area contributed by atoms with Crippen LogP contribution in [0, 0.1) is 11.8 Å². The van der Waals surface area contributed by atoms with Gasteiger partial charge in [0.2, 0.25) is 0 Å². The van der Waals surface area contributed by atoms with Crippen LogP contribution in [0.5, 0.6) is 0 Å². The normalized spacial score (nSPS) is 28.1. The van der Waals surface area contributed by atoms with Gasteiger partial charge in [-0.2, -0.15) is 0 Å². The molecule has 2 atom stereocenters. The molecule has 3 aliphatic heterocycles. The number of rotatable bonds is 3. The molecule has 3 fully saturated rings. The monoisotopic (exact) mass is 435 g/mol. The van der Waals surface area contributed by atoms with Crippen LogP contribution in [0.2, 0.25) is 0 Å². The lowest BCUT2D eigenvalue weighted by Crippen LogP contribution is -2.60. The van der Waals surface area contributed by atoms with Crippen molar-refractivity contribution < 1.29 is 22.7 Å². The Balaban J connectivity index is 1.46. The molecule has 2 N–H and O–H groups in total. The maximum Gasteiger partial charge on any atom is 0.407 e. The number of hydrogen-bond acceptors (Lipinski definition) is 6. The van der Waals surface area contributed by atoms with E-state index in [-0.39, 0.29) is 28.4 Å². The largest absolute Gasteiger partial charge is 0.442 e. The first kappa shape index (κ1) is 21.1. The van der Waals surface area contributed by atoms with Gasteiger partial charge in [-0.05, 0) is 37.4 Å². The van der Waals surface area contributed by atoms with Gasteiger partial charge in [-0.15, -0.1) is 0 Å². The van der Waals surface area contributed by atoms with Crippen LogP contribution in [0.25, 0.3) is 0 Å². The first-order valence-electron chi connectivity index (χ1n) is 10.6. The number of likely N-dealkylation sites (tertiary alicyclic amines) is 1. The lowest BCUT2D eigenvalue weighted by atomic mass is 9.69. The zero-order valence-electron chi connectivity index (χ0n) is 17.2. The summed E-state index contributed by atoms with van der Waals surface area (Å²) in [5, 5.41) is 6.19. The number of sulfone groups is 1. The van der Waals surface area contributed by atoms with Crippen LogP contribution in [0.3, 0.4) is 0 Å². The first-order chi connectivity index (χ1) is 14.3. The minimum absolute atomic E-state index is 0.0779. The van der Waals surface area contributed by atoms with Crippen LogP contribution < -0.4 is 10.6 Å². The molecule has 1 spiro atoms. The molecular weight excluding hydrogens is 406 g/mol. The molecule has 3 saturated heterocycles. The predicted octanol–water partition coefficient (Wildman–Crippen LogP) is 1.42. The van der Waals surface area contributed by atoms with Crippen molar-refractivity contribution in [2.75, 3.05) is 39.0 Å². The average molecular weight is 436 g/mol. The summed E-state index contributed by atoms with van der Waals surface area (Å²) in [5.74, 6) is 0.329. The summed E-state index contributed by atoms with van der Waals surface area (Å²) in [6, 6.07) is 6.39. The molecular formula is C21H29N3O5S. The smallest absolute Gasteiger partial charge is 0.407 e. The molecule has 30 heavy (non-hydrogen) atoms. The molecule has 2 unspecified atom stereocenters. The van der Waals surface area contributed by atoms with Crippen LogP contribution in [-0.4, -0.2) is 69.9 Å². The number of carbonyl (C=O) groups is 2. The molecule has 3 heterocycles. The van der Waals surface area contributed by atoms with E-state index < -0.39 is 15.4 Å². The van der Waals surface area contributed by atoms with Gasteiger partial charge in [0.05, 0.1) is 10.5 Å². The fourth-order valence-corrected chi connectivity index (χ4v) is 6.13. The van der Waals surface area contributed by atoms with Crippen molar-refractivity contribution in [3.05, 3.63) is 29.8 Å². The highest BCUT2D eigenvalue weighted by atomic mass is 32.2. The second kappa shape index (κ2) is 8.19. The Bertz CT molecular complexity index is 922. The predicted molar refractivity (Wildman–Crippen MR) is 111 cm³/mol. The van der Waals surface area contributed by atoms with E-state index in [4.69, 9.17) is 4.74 Å². The summed E-state index contributed by atoms with van der Waals surface area (Å²) in [7, 11) is -3.48. The summed E-state index contributed by atoms with van der Waals surface area (Å²) in [6.45, 7) is 3.42. The molecule has 0 radical (unpaired) electrons. The lowest BCUT2D eigenvalue weighted by molar-refractivity contribution is -0.0958. The highest BCUT2D eigenvalue weighted by Gasteiger charge is 2.49. The second-order valence-corrected chi connectivity index (χ2v) is 10.6. The lowest BCUT2D eigenvalue weighted by Gasteiger charge is -2.50. The Morgan fingerprint density at radius 1 is 1.17 bits per heavy atom. The van der Waals surface area contributed by atoms with Crippen LogP contribution in [0.4, 0.5) is 4.79 Å². The number of carbonyl (C=O) groups excluding carboxylic acids is 2. The van der Waals surface area contributed by atoms with Gasteiger partial charge in [0.1, 0.15) is 5.60 Å². The van der Waals surface area contributed by atoms with E-state index in [0.717, 1.165) is 45.0 Å². The zero-order chi connectivity index (χ0) is 21.4. The minimum atomic E-state index is -3.48. The quantitative estimate of drug-likeness (QED) is 0.744. The van der Waals surface area contributed by atoms with E-state index in [9.17, 15) is 18.0 Å². The molecule has 4 rings (SSSR count). The molecule has 3 aliphatic rings. The Morgan fingerprint density at radius 2 is 1.87 bits per heavy atom. The Morgan fingerprint density at radius 3 is 2.57 bits per heavy atom. The molecule has 2 amide bonds. The number of alkyl carbamates (subject to hydrolysis) is 1. The molecule has 1 aromatic rings. The van der Waals surface area contributed by atoms with E-state index in [1.54, 1.807) is 23.1 Å². The van der Waals surface area contributed by atoms with Crippen molar-refractivity contribution in [1.82, 2.24) is 15.5 Å². The van der Waals surface area contributed by atoms with Crippen LogP contribution >= 0.6 is 0 Å². The van der Waals surface area contributed by atoms with Gasteiger partial charge in [-0.3, -0.25) is 4.79 Å². The minimum Gasteiger partial charge on any atom is -0.442 e. The molecule has 9 heteroatoms. The third-order valence-corrected chi connectivity index (χ3v) is 7.95. The summed E-state index contributed by atoms with van der Waals surface area (Å²) in [4.78, 5) is 26.8. The maximum atomic E-state index is 13.1. The van der Waals surface area contributed by atoms with E-state index in [1.165, 1.54) is 6.07 Å². The molecule has 1 aromatic carbocycles. The number of hydrogen-bond donors (Lipinski definition) is 2. The van der Waals surface area contributed by atoms with Gasteiger partial charge in [0.15, 0.2) is 9.84 Å². The number of nitrogens with one attached hydrogen (secondary N) is 2. The van der Waals surface area contributed by atoms with E-state index in [0.29, 0.717) is 25.6 Å². The van der Waals surface area contributed by atoms with Crippen molar-refractivity contribution in [2.24, 2.45) is 11.8 Å². The van der Waals surface area contributed by atoms with E-state index in [1.807, 2.05) is 0 Å². The number of ether oxygens (including phenoxy) is 1. The average Bonchev–Trinajstić information content (AvgIpc) is 2.73. The number of benzene rings is 1. The second-order valence-electron chi connectivity index (χ2n) is 8.59. The Labute approximate surface area is 177 Å². The van der Waals surface area contributed by atoms with E-state index >= 15 is 0 Å². The fourth-order valence-electron chi connectivity index (χ4n) is 5.25. The molecule has 0 bridgehead atoms. The molecule has 0 aromatic heterocycles. The van der Waals surface area contributed by atoms with Gasteiger partial charge in [-0.1, -0.05) is 12.1 Å². The van der Waals surface area contributed by atoms with E-state index in [2.05, 4.69) is 10.6 Å². The number of piperidine rings is 2. The van der Waals surface area contributed by atoms with Gasteiger partial charge >= 0.3 is 6.09 Å². The SMILES string of the molecule is CS(=O)(=O)c1ccccc1C(=O)N1CCC(C2CNCCC23CCNC(=O)O3)CC1. The highest BCUT2D eigenvalue weighted by Crippen LogP contribution is 2.41. The fraction of sp³-hybridized carbons (Fsp3) is 0.619. The molecule has 164 valence electrons. The zero-order valence-corrected chi connectivity index (χ0v) is 18.0. The van der Waals surface area contributed by atoms with Crippen molar-refractivity contribution in [1.29, 1.82) is 0 Å². The summed E-state index contributed by atoms with van der Waals surface area (Å²) in [5.41, 5.74) is -0.186. The van der Waals surface area contributed by atoms with Gasteiger partial charge < -0.3 is 20.3 Å². The van der Waals surface area contributed by atoms with Crippen LogP contribution in [0.15, 0.2) is 29.2 Å². The highest BCUT2D eigenvalue weighted by molar-refractivity contribution is 7.90. The molecule has 8 nitrogen and oxygen atoms in total. The number of nitrogens with zero attached hydrogens (tertiary/aromatic N) is 1. The third kappa shape index (κ3) is 4.05.